The van der Waals surface area contributed by atoms with Gasteiger partial charge in [-0.1, -0.05) is 0 Å². The van der Waals surface area contributed by atoms with E-state index in [1.54, 1.807) is 18.6 Å². The number of pyridine rings is 3. The molecule has 0 aliphatic heterocycles. The minimum absolute atomic E-state index is 0.922. The normalized spacial score (nSPS) is 10.9. The summed E-state index contributed by atoms with van der Waals surface area (Å²) in [5.74, 6) is 0. The van der Waals surface area contributed by atoms with Crippen LogP contribution < -0.4 is 0 Å². The summed E-state index contributed by atoms with van der Waals surface area (Å²) in [6.45, 7) is 0. The van der Waals surface area contributed by atoms with Gasteiger partial charge in [-0.15, -0.1) is 0 Å². The fraction of sp³-hybridized carbons (Fsp3) is 0. The SMILES string of the molecule is c1cc2c(cn1)cnc1cnccc12. The second-order valence-electron chi connectivity index (χ2n) is 3.11. The molecular formula is C11H7N3. The first-order chi connectivity index (χ1) is 6.95. The Balaban J connectivity index is 2.61. The first-order valence-electron chi connectivity index (χ1n) is 4.37. The van der Waals surface area contributed by atoms with Crippen molar-refractivity contribution in [1.29, 1.82) is 0 Å². The molecule has 0 aliphatic carbocycles. The number of fused-ring (bicyclic) bond motifs is 3. The van der Waals surface area contributed by atoms with Gasteiger partial charge in [0.25, 0.3) is 0 Å². The molecule has 3 nitrogen and oxygen atoms in total. The van der Waals surface area contributed by atoms with Gasteiger partial charge in [0.05, 0.1) is 11.7 Å². The van der Waals surface area contributed by atoms with E-state index in [-0.39, 0.29) is 0 Å². The van der Waals surface area contributed by atoms with Gasteiger partial charge in [0, 0.05) is 35.6 Å². The van der Waals surface area contributed by atoms with Crippen LogP contribution in [0.25, 0.3) is 21.7 Å². The number of rotatable bonds is 0. The Labute approximate surface area is 80.5 Å². The van der Waals surface area contributed by atoms with Crippen LogP contribution in [0.1, 0.15) is 0 Å². The zero-order valence-electron chi connectivity index (χ0n) is 7.38. The van der Waals surface area contributed by atoms with Gasteiger partial charge in [-0.2, -0.15) is 0 Å². The molecular weight excluding hydrogens is 174 g/mol. The molecule has 0 aromatic carbocycles. The van der Waals surface area contributed by atoms with Crippen LogP contribution in [0.3, 0.4) is 0 Å². The number of hydrogen-bond donors (Lipinski definition) is 0. The van der Waals surface area contributed by atoms with Crippen molar-refractivity contribution in [2.75, 3.05) is 0 Å². The van der Waals surface area contributed by atoms with E-state index in [2.05, 4.69) is 15.0 Å². The molecule has 0 aliphatic rings. The Morgan fingerprint density at radius 1 is 0.786 bits per heavy atom. The maximum absolute atomic E-state index is 4.31. The van der Waals surface area contributed by atoms with Crippen LogP contribution in [0.5, 0.6) is 0 Å². The van der Waals surface area contributed by atoms with Crippen LogP contribution in [-0.2, 0) is 0 Å². The Hall–Kier alpha value is -2.03. The predicted octanol–water partition coefficient (Wildman–Crippen LogP) is 2.18. The van der Waals surface area contributed by atoms with E-state index in [4.69, 9.17) is 0 Å². The predicted molar refractivity (Wildman–Crippen MR) is 54.8 cm³/mol. The first-order valence-corrected chi connectivity index (χ1v) is 4.37. The summed E-state index contributed by atoms with van der Waals surface area (Å²) in [4.78, 5) is 12.4. The molecule has 3 heteroatoms. The van der Waals surface area contributed by atoms with Crippen molar-refractivity contribution in [2.45, 2.75) is 0 Å². The van der Waals surface area contributed by atoms with Gasteiger partial charge in [0.1, 0.15) is 0 Å². The molecule has 0 atom stereocenters. The highest BCUT2D eigenvalue weighted by molar-refractivity contribution is 6.04. The molecule has 14 heavy (non-hydrogen) atoms. The number of aromatic nitrogens is 3. The summed E-state index contributed by atoms with van der Waals surface area (Å²) in [6.07, 6.45) is 9.00. The molecule has 66 valence electrons. The van der Waals surface area contributed by atoms with Crippen molar-refractivity contribution in [1.82, 2.24) is 15.0 Å². The molecule has 0 saturated heterocycles. The van der Waals surface area contributed by atoms with Gasteiger partial charge in [-0.3, -0.25) is 15.0 Å². The highest BCUT2D eigenvalue weighted by Gasteiger charge is 1.99. The highest BCUT2D eigenvalue weighted by Crippen LogP contribution is 2.20. The molecule has 0 unspecified atom stereocenters. The van der Waals surface area contributed by atoms with Crippen molar-refractivity contribution < 1.29 is 0 Å². The molecule has 0 amide bonds. The van der Waals surface area contributed by atoms with Crippen LogP contribution in [0.4, 0.5) is 0 Å². The molecule has 3 aromatic heterocycles. The molecule has 3 heterocycles. The van der Waals surface area contributed by atoms with Gasteiger partial charge < -0.3 is 0 Å². The van der Waals surface area contributed by atoms with Gasteiger partial charge in [0.15, 0.2) is 0 Å². The molecule has 0 radical (unpaired) electrons. The lowest BCUT2D eigenvalue weighted by atomic mass is 10.1. The first kappa shape index (κ1) is 7.38. The molecule has 3 rings (SSSR count). The van der Waals surface area contributed by atoms with E-state index >= 15 is 0 Å². The lowest BCUT2D eigenvalue weighted by Gasteiger charge is -2.00. The standard InChI is InChI=1S/C11H7N3/c1-3-12-5-8-6-14-11-7-13-4-2-10(11)9(1)8/h1-7H. The fourth-order valence-electron chi connectivity index (χ4n) is 1.61. The monoisotopic (exact) mass is 181 g/mol. The molecule has 0 spiro atoms. The third-order valence-electron chi connectivity index (χ3n) is 2.28. The number of hydrogen-bond acceptors (Lipinski definition) is 3. The van der Waals surface area contributed by atoms with Gasteiger partial charge >= 0.3 is 0 Å². The Kier molecular flexibility index (Phi) is 1.44. The zero-order chi connectivity index (χ0) is 9.38. The Bertz CT molecular complexity index is 550. The summed E-state index contributed by atoms with van der Waals surface area (Å²) in [5.41, 5.74) is 0.922. The fourth-order valence-corrected chi connectivity index (χ4v) is 1.61. The van der Waals surface area contributed by atoms with Crippen molar-refractivity contribution >= 4 is 21.7 Å². The van der Waals surface area contributed by atoms with E-state index in [9.17, 15) is 0 Å². The van der Waals surface area contributed by atoms with E-state index in [0.717, 1.165) is 16.3 Å². The van der Waals surface area contributed by atoms with E-state index in [0.29, 0.717) is 0 Å². The largest absolute Gasteiger partial charge is 0.264 e. The average Bonchev–Trinajstić information content (AvgIpc) is 2.29. The molecule has 0 bridgehead atoms. The van der Waals surface area contributed by atoms with E-state index < -0.39 is 0 Å². The van der Waals surface area contributed by atoms with Crippen molar-refractivity contribution in [3.8, 4) is 0 Å². The van der Waals surface area contributed by atoms with Crippen LogP contribution in [-0.4, -0.2) is 15.0 Å². The molecule has 3 aromatic rings. The van der Waals surface area contributed by atoms with Crippen LogP contribution in [0.15, 0.2) is 43.1 Å². The zero-order valence-corrected chi connectivity index (χ0v) is 7.38. The maximum Gasteiger partial charge on any atom is 0.0891 e. The summed E-state index contributed by atoms with van der Waals surface area (Å²) < 4.78 is 0. The van der Waals surface area contributed by atoms with Crippen LogP contribution >= 0.6 is 0 Å². The molecule has 0 saturated carbocycles. The van der Waals surface area contributed by atoms with Crippen LogP contribution in [0.2, 0.25) is 0 Å². The van der Waals surface area contributed by atoms with Crippen molar-refractivity contribution in [3.63, 3.8) is 0 Å². The lowest BCUT2D eigenvalue weighted by Crippen LogP contribution is -1.83. The lowest BCUT2D eigenvalue weighted by molar-refractivity contribution is 1.31. The van der Waals surface area contributed by atoms with Gasteiger partial charge in [0.2, 0.25) is 0 Å². The quantitative estimate of drug-likeness (QED) is 0.499. The topological polar surface area (TPSA) is 38.7 Å². The molecule has 0 fully saturated rings. The summed E-state index contributed by atoms with van der Waals surface area (Å²) >= 11 is 0. The summed E-state index contributed by atoms with van der Waals surface area (Å²) in [5, 5.41) is 3.36. The highest BCUT2D eigenvalue weighted by atomic mass is 14.7. The average molecular weight is 181 g/mol. The third-order valence-corrected chi connectivity index (χ3v) is 2.28. The maximum atomic E-state index is 4.31. The summed E-state index contributed by atoms with van der Waals surface area (Å²) in [7, 11) is 0. The van der Waals surface area contributed by atoms with E-state index in [1.807, 2.05) is 24.5 Å². The minimum atomic E-state index is 0.922. The van der Waals surface area contributed by atoms with Gasteiger partial charge in [-0.25, -0.2) is 0 Å². The van der Waals surface area contributed by atoms with Crippen LogP contribution in [0, 0.1) is 0 Å². The minimum Gasteiger partial charge on any atom is -0.264 e. The Morgan fingerprint density at radius 2 is 1.57 bits per heavy atom. The second kappa shape index (κ2) is 2.73. The van der Waals surface area contributed by atoms with E-state index in [1.165, 1.54) is 5.39 Å². The van der Waals surface area contributed by atoms with Gasteiger partial charge in [-0.05, 0) is 17.5 Å². The number of nitrogens with zero attached hydrogens (tertiary/aromatic N) is 3. The molecule has 0 N–H and O–H groups in total. The third kappa shape index (κ3) is 0.956. The van der Waals surface area contributed by atoms with Crippen molar-refractivity contribution in [2.24, 2.45) is 0 Å². The Morgan fingerprint density at radius 3 is 2.50 bits per heavy atom. The smallest absolute Gasteiger partial charge is 0.0891 e. The summed E-state index contributed by atoms with van der Waals surface area (Å²) in [6, 6.07) is 3.98. The second-order valence-corrected chi connectivity index (χ2v) is 3.11. The van der Waals surface area contributed by atoms with Crippen molar-refractivity contribution in [3.05, 3.63) is 43.1 Å².